The number of hydrogen-bond acceptors (Lipinski definition) is 9. The van der Waals surface area contributed by atoms with Gasteiger partial charge >= 0.3 is 0 Å². The van der Waals surface area contributed by atoms with Crippen molar-refractivity contribution in [3.63, 3.8) is 0 Å². The van der Waals surface area contributed by atoms with Crippen LogP contribution in [-0.2, 0) is 20.2 Å². The molecule has 0 saturated carbocycles. The highest BCUT2D eigenvalue weighted by Crippen LogP contribution is 2.36. The average molecular weight is 406 g/mol. The monoisotopic (exact) mass is 406 g/mol. The lowest BCUT2D eigenvalue weighted by Gasteiger charge is -2.10. The quantitative estimate of drug-likeness (QED) is 0.299. The lowest BCUT2D eigenvalue weighted by atomic mass is 10.0. The van der Waals surface area contributed by atoms with Crippen LogP contribution in [-0.4, -0.2) is 52.2 Å². The van der Waals surface area contributed by atoms with E-state index >= 15 is 0 Å². The van der Waals surface area contributed by atoms with Gasteiger partial charge in [0.05, 0.1) is 11.1 Å². The molecule has 2 aromatic carbocycles. The molecule has 0 bridgehead atoms. The molecule has 0 heterocycles. The van der Waals surface area contributed by atoms with Gasteiger partial charge in [0, 0.05) is 12.1 Å². The fourth-order valence-electron chi connectivity index (χ4n) is 2.04. The van der Waals surface area contributed by atoms with E-state index in [2.05, 4.69) is 0 Å². The SMILES string of the molecule is O=C(c1cc(S(=O)(=O)O)c(O)cc1O)c1cc(S(=O)(=O)O)c(O)cc1O. The van der Waals surface area contributed by atoms with Gasteiger partial charge in [0.1, 0.15) is 32.8 Å². The predicted octanol–water partition coefficient (Wildman–Crippen LogP) is 0.233. The molecule has 0 aliphatic carbocycles. The maximum atomic E-state index is 12.4. The molecule has 0 aliphatic rings. The molecule has 0 unspecified atom stereocenters. The van der Waals surface area contributed by atoms with Gasteiger partial charge in [0.15, 0.2) is 0 Å². The van der Waals surface area contributed by atoms with Crippen LogP contribution >= 0.6 is 0 Å². The molecule has 0 amide bonds. The molecule has 0 aliphatic heterocycles. The molecule has 6 N–H and O–H groups in total. The Morgan fingerprint density at radius 1 is 0.615 bits per heavy atom. The standard InChI is InChI=1S/C13H10O11S2/c14-7-3-9(16)11(25(19,20)21)1-5(7)13(18)6-2-12(26(22,23)24)10(17)4-8(6)15/h1-4,14-17H,(H,19,20,21)(H,22,23,24). The Bertz CT molecular complexity index is 1040. The Morgan fingerprint density at radius 3 is 1.19 bits per heavy atom. The average Bonchev–Trinajstić information content (AvgIpc) is 2.43. The van der Waals surface area contributed by atoms with Crippen LogP contribution in [0.1, 0.15) is 15.9 Å². The topological polar surface area (TPSA) is 207 Å². The van der Waals surface area contributed by atoms with Crippen molar-refractivity contribution in [3.05, 3.63) is 35.4 Å². The highest BCUT2D eigenvalue weighted by molar-refractivity contribution is 7.86. The predicted molar refractivity (Wildman–Crippen MR) is 82.6 cm³/mol. The summed E-state index contributed by atoms with van der Waals surface area (Å²) in [7, 11) is -9.98. The van der Waals surface area contributed by atoms with Crippen molar-refractivity contribution >= 4 is 26.0 Å². The van der Waals surface area contributed by atoms with Gasteiger partial charge in [0.2, 0.25) is 5.78 Å². The van der Waals surface area contributed by atoms with Crippen LogP contribution in [0.5, 0.6) is 23.0 Å². The van der Waals surface area contributed by atoms with Gasteiger partial charge in [-0.3, -0.25) is 13.9 Å². The molecule has 0 aromatic heterocycles. The summed E-state index contributed by atoms with van der Waals surface area (Å²) in [5.74, 6) is -5.40. The van der Waals surface area contributed by atoms with E-state index in [1.54, 1.807) is 0 Å². The van der Waals surface area contributed by atoms with Crippen molar-refractivity contribution in [2.24, 2.45) is 0 Å². The summed E-state index contributed by atoms with van der Waals surface area (Å²) < 4.78 is 62.7. The first-order valence-corrected chi connectivity index (χ1v) is 9.23. The molecule has 0 atom stereocenters. The van der Waals surface area contributed by atoms with Crippen molar-refractivity contribution in [2.75, 3.05) is 0 Å². The largest absolute Gasteiger partial charge is 0.507 e. The fraction of sp³-hybridized carbons (Fsp3) is 0. The van der Waals surface area contributed by atoms with E-state index in [0.717, 1.165) is 0 Å². The van der Waals surface area contributed by atoms with Crippen molar-refractivity contribution in [2.45, 2.75) is 9.79 Å². The summed E-state index contributed by atoms with van der Waals surface area (Å²) in [5.41, 5.74) is -1.67. The van der Waals surface area contributed by atoms with Crippen LogP contribution in [0.2, 0.25) is 0 Å². The van der Waals surface area contributed by atoms with E-state index in [1.807, 2.05) is 0 Å². The minimum absolute atomic E-state index is 0.391. The Labute approximate surface area is 145 Å². The molecule has 0 saturated heterocycles. The lowest BCUT2D eigenvalue weighted by Crippen LogP contribution is -2.08. The van der Waals surface area contributed by atoms with Gasteiger partial charge in [-0.25, -0.2) is 0 Å². The van der Waals surface area contributed by atoms with Crippen LogP contribution in [0, 0.1) is 0 Å². The highest BCUT2D eigenvalue weighted by atomic mass is 32.2. The van der Waals surface area contributed by atoms with Gasteiger partial charge in [-0.2, -0.15) is 16.8 Å². The zero-order valence-electron chi connectivity index (χ0n) is 12.4. The zero-order chi connectivity index (χ0) is 20.0. The maximum absolute atomic E-state index is 12.4. The summed E-state index contributed by atoms with van der Waals surface area (Å²) in [6.07, 6.45) is 0. The van der Waals surface area contributed by atoms with Gasteiger partial charge in [-0.05, 0) is 12.1 Å². The summed E-state index contributed by atoms with van der Waals surface area (Å²) in [6, 6.07) is 1.64. The number of ketones is 1. The first-order valence-electron chi connectivity index (χ1n) is 6.35. The van der Waals surface area contributed by atoms with Gasteiger partial charge in [-0.1, -0.05) is 0 Å². The highest BCUT2D eigenvalue weighted by Gasteiger charge is 2.27. The van der Waals surface area contributed by atoms with E-state index in [0.29, 0.717) is 24.3 Å². The van der Waals surface area contributed by atoms with Gasteiger partial charge < -0.3 is 20.4 Å². The van der Waals surface area contributed by atoms with E-state index < -0.39 is 69.9 Å². The Hall–Kier alpha value is -2.87. The molecule has 0 radical (unpaired) electrons. The van der Waals surface area contributed by atoms with Gasteiger partial charge in [0.25, 0.3) is 20.2 Å². The molecular formula is C13H10O11S2. The minimum atomic E-state index is -4.99. The molecule has 0 spiro atoms. The summed E-state index contributed by atoms with van der Waals surface area (Å²) in [6.45, 7) is 0. The first kappa shape index (κ1) is 19.5. The summed E-state index contributed by atoms with van der Waals surface area (Å²) in [4.78, 5) is 10.2. The molecule has 0 fully saturated rings. The number of hydrogen-bond donors (Lipinski definition) is 6. The first-order chi connectivity index (χ1) is 11.7. The van der Waals surface area contributed by atoms with Crippen LogP contribution in [0.25, 0.3) is 0 Å². The minimum Gasteiger partial charge on any atom is -0.507 e. The number of benzene rings is 2. The molecule has 11 nitrogen and oxygen atoms in total. The van der Waals surface area contributed by atoms with Gasteiger partial charge in [-0.15, -0.1) is 0 Å². The lowest BCUT2D eigenvalue weighted by molar-refractivity contribution is 0.103. The number of phenols is 4. The van der Waals surface area contributed by atoms with Crippen LogP contribution < -0.4 is 0 Å². The van der Waals surface area contributed by atoms with Crippen molar-refractivity contribution < 1.29 is 51.2 Å². The van der Waals surface area contributed by atoms with Crippen LogP contribution in [0.15, 0.2) is 34.1 Å². The number of carbonyl (C=O) groups excluding carboxylic acids is 1. The zero-order valence-corrected chi connectivity index (χ0v) is 14.0. The number of carbonyl (C=O) groups is 1. The second-order valence-electron chi connectivity index (χ2n) is 4.95. The molecule has 2 rings (SSSR count). The van der Waals surface area contributed by atoms with Crippen molar-refractivity contribution in [1.29, 1.82) is 0 Å². The smallest absolute Gasteiger partial charge is 0.298 e. The molecule has 2 aromatic rings. The van der Waals surface area contributed by atoms with Crippen molar-refractivity contribution in [3.8, 4) is 23.0 Å². The Morgan fingerprint density at radius 2 is 0.923 bits per heavy atom. The van der Waals surface area contributed by atoms with Crippen LogP contribution in [0.4, 0.5) is 0 Å². The normalized spacial score (nSPS) is 12.1. The summed E-state index contributed by atoms with van der Waals surface area (Å²) in [5, 5.41) is 38.3. The third-order valence-electron chi connectivity index (χ3n) is 3.20. The second kappa shape index (κ2) is 6.14. The third kappa shape index (κ3) is 3.55. The van der Waals surface area contributed by atoms with E-state index in [9.17, 15) is 42.1 Å². The number of rotatable bonds is 4. The number of phenolic OH excluding ortho intramolecular Hbond substituents is 4. The molecular weight excluding hydrogens is 396 g/mol. The van der Waals surface area contributed by atoms with E-state index in [-0.39, 0.29) is 0 Å². The fourth-order valence-corrected chi connectivity index (χ4v) is 3.22. The number of aromatic hydroxyl groups is 4. The second-order valence-corrected chi connectivity index (χ2v) is 7.73. The third-order valence-corrected chi connectivity index (χ3v) is 4.97. The Balaban J connectivity index is 2.75. The van der Waals surface area contributed by atoms with Crippen LogP contribution in [0.3, 0.4) is 0 Å². The van der Waals surface area contributed by atoms with E-state index in [1.165, 1.54) is 0 Å². The van der Waals surface area contributed by atoms with E-state index in [4.69, 9.17) is 9.11 Å². The molecule has 13 heteroatoms. The maximum Gasteiger partial charge on any atom is 0.298 e. The molecule has 26 heavy (non-hydrogen) atoms. The van der Waals surface area contributed by atoms with Crippen molar-refractivity contribution in [1.82, 2.24) is 0 Å². The Kier molecular flexibility index (Phi) is 4.59. The summed E-state index contributed by atoms with van der Waals surface area (Å²) >= 11 is 0. The molecule has 140 valence electrons.